The van der Waals surface area contributed by atoms with Crippen LogP contribution in [0.25, 0.3) is 10.9 Å². The molecule has 152 valence electrons. The van der Waals surface area contributed by atoms with Crippen molar-refractivity contribution in [2.24, 2.45) is 0 Å². The molecule has 30 heavy (non-hydrogen) atoms. The minimum atomic E-state index is -0.786. The summed E-state index contributed by atoms with van der Waals surface area (Å²) in [5.74, 6) is -2.55. The second-order valence-corrected chi connectivity index (χ2v) is 6.76. The Hall–Kier alpha value is -3.81. The van der Waals surface area contributed by atoms with Gasteiger partial charge in [-0.25, -0.2) is 13.2 Å². The summed E-state index contributed by atoms with van der Waals surface area (Å²) in [6.07, 6.45) is 3.12. The zero-order chi connectivity index (χ0) is 21.3. The zero-order valence-corrected chi connectivity index (χ0v) is 15.6. The summed E-state index contributed by atoms with van der Waals surface area (Å²) in [4.78, 5) is 25.2. The maximum absolute atomic E-state index is 14.0. The lowest BCUT2D eigenvalue weighted by atomic mass is 10.2. The molecule has 0 saturated heterocycles. The van der Waals surface area contributed by atoms with Crippen LogP contribution < -0.4 is 10.9 Å². The topological polar surface area (TPSA) is 56.0 Å². The van der Waals surface area contributed by atoms with Gasteiger partial charge in [0.1, 0.15) is 29.5 Å². The normalized spacial score (nSPS) is 11.0. The number of nitrogens with one attached hydrogen (secondary N) is 1. The molecule has 0 radical (unpaired) electrons. The molecule has 1 N–H and O–H groups in total. The van der Waals surface area contributed by atoms with Crippen LogP contribution in [0.3, 0.4) is 0 Å². The molecule has 0 fully saturated rings. The van der Waals surface area contributed by atoms with E-state index in [4.69, 9.17) is 0 Å². The monoisotopic (exact) mass is 411 g/mol. The van der Waals surface area contributed by atoms with Crippen molar-refractivity contribution in [1.29, 1.82) is 0 Å². The van der Waals surface area contributed by atoms with Crippen LogP contribution in [-0.4, -0.2) is 15.0 Å². The minimum absolute atomic E-state index is 0.149. The number of pyridine rings is 1. The van der Waals surface area contributed by atoms with Gasteiger partial charge in [-0.3, -0.25) is 9.59 Å². The van der Waals surface area contributed by atoms with E-state index >= 15 is 0 Å². The first kappa shape index (κ1) is 19.5. The molecule has 8 heteroatoms. The number of nitrogens with zero attached hydrogens (tertiary/aromatic N) is 2. The van der Waals surface area contributed by atoms with Crippen LogP contribution in [0.1, 0.15) is 5.56 Å². The molecule has 2 aromatic carbocycles. The summed E-state index contributed by atoms with van der Waals surface area (Å²) >= 11 is 0. The molecule has 2 aromatic heterocycles. The maximum atomic E-state index is 14.0. The Morgan fingerprint density at radius 2 is 1.63 bits per heavy atom. The molecule has 0 bridgehead atoms. The van der Waals surface area contributed by atoms with Crippen LogP contribution in [0, 0.1) is 17.5 Å². The molecule has 4 rings (SSSR count). The van der Waals surface area contributed by atoms with Gasteiger partial charge in [-0.2, -0.15) is 0 Å². The molecule has 0 aliphatic carbocycles. The highest BCUT2D eigenvalue weighted by Gasteiger charge is 2.13. The zero-order valence-electron chi connectivity index (χ0n) is 15.6. The minimum Gasteiger partial charge on any atom is -0.338 e. The van der Waals surface area contributed by atoms with E-state index in [9.17, 15) is 22.8 Å². The Labute approximate surface area is 169 Å². The number of hydrogen-bond donors (Lipinski definition) is 1. The highest BCUT2D eigenvalue weighted by Crippen LogP contribution is 2.17. The van der Waals surface area contributed by atoms with Crippen LogP contribution in [-0.2, 0) is 17.9 Å². The average Bonchev–Trinajstić information content (AvgIpc) is 3.12. The van der Waals surface area contributed by atoms with Crippen molar-refractivity contribution in [3.63, 3.8) is 0 Å². The summed E-state index contributed by atoms with van der Waals surface area (Å²) < 4.78 is 43.8. The number of amides is 1. The number of anilines is 1. The third kappa shape index (κ3) is 3.84. The average molecular weight is 411 g/mol. The highest BCUT2D eigenvalue weighted by atomic mass is 19.1. The predicted octanol–water partition coefficient (Wildman–Crippen LogP) is 3.91. The number of rotatable bonds is 5. The molecule has 0 saturated carbocycles. The van der Waals surface area contributed by atoms with Crippen LogP contribution in [0.4, 0.5) is 18.9 Å². The van der Waals surface area contributed by atoms with Crippen LogP contribution >= 0.6 is 0 Å². The fraction of sp³-hybridized carbons (Fsp3) is 0.0909. The van der Waals surface area contributed by atoms with Crippen LogP contribution in [0.2, 0.25) is 0 Å². The van der Waals surface area contributed by atoms with Crippen molar-refractivity contribution in [2.75, 3.05) is 5.32 Å². The Bertz CT molecular complexity index is 1310. The van der Waals surface area contributed by atoms with Gasteiger partial charge in [0.05, 0.1) is 12.2 Å². The summed E-state index contributed by atoms with van der Waals surface area (Å²) in [7, 11) is 0. The van der Waals surface area contributed by atoms with Gasteiger partial charge in [-0.15, -0.1) is 0 Å². The molecule has 2 heterocycles. The van der Waals surface area contributed by atoms with Gasteiger partial charge < -0.3 is 14.5 Å². The number of hydrogen-bond acceptors (Lipinski definition) is 2. The number of halogens is 3. The molecule has 0 aliphatic rings. The molecule has 0 spiro atoms. The Morgan fingerprint density at radius 3 is 2.40 bits per heavy atom. The lowest BCUT2D eigenvalue weighted by Gasteiger charge is -2.10. The van der Waals surface area contributed by atoms with Crippen molar-refractivity contribution in [3.05, 3.63) is 100 Å². The highest BCUT2D eigenvalue weighted by molar-refractivity contribution is 5.91. The second-order valence-electron chi connectivity index (χ2n) is 6.76. The standard InChI is InChI=1S/C22H16F3N3O2/c23-16-5-6-18(25)19(11-16)26-20(29)13-28-10-8-14-7-9-27(21(14)22(28)30)12-15-3-1-2-4-17(15)24/h1-11H,12-13H2,(H,26,29). The number of carbonyl (C=O) groups excluding carboxylic acids is 1. The van der Waals surface area contributed by atoms with Gasteiger partial charge in [0.2, 0.25) is 5.91 Å². The van der Waals surface area contributed by atoms with Crippen LogP contribution in [0.15, 0.2) is 71.8 Å². The third-order valence-corrected chi connectivity index (χ3v) is 4.71. The number of benzene rings is 2. The first-order valence-electron chi connectivity index (χ1n) is 9.09. The van der Waals surface area contributed by atoms with Crippen LogP contribution in [0.5, 0.6) is 0 Å². The van der Waals surface area contributed by atoms with Gasteiger partial charge in [-0.1, -0.05) is 18.2 Å². The quantitative estimate of drug-likeness (QED) is 0.542. The number of aromatic nitrogens is 2. The molecule has 4 aromatic rings. The molecular formula is C22H16F3N3O2. The Balaban J connectivity index is 1.61. The molecule has 0 unspecified atom stereocenters. The van der Waals surface area contributed by atoms with Gasteiger partial charge >= 0.3 is 0 Å². The van der Waals surface area contributed by atoms with Crippen molar-refractivity contribution in [1.82, 2.24) is 9.13 Å². The third-order valence-electron chi connectivity index (χ3n) is 4.71. The van der Waals surface area contributed by atoms with E-state index in [0.717, 1.165) is 22.8 Å². The van der Waals surface area contributed by atoms with E-state index in [-0.39, 0.29) is 18.0 Å². The Morgan fingerprint density at radius 1 is 0.900 bits per heavy atom. The lowest BCUT2D eigenvalue weighted by molar-refractivity contribution is -0.116. The first-order valence-corrected chi connectivity index (χ1v) is 9.09. The molecule has 0 aliphatic heterocycles. The smallest absolute Gasteiger partial charge is 0.275 e. The predicted molar refractivity (Wildman–Crippen MR) is 107 cm³/mol. The van der Waals surface area contributed by atoms with Gasteiger partial charge in [0.25, 0.3) is 5.56 Å². The largest absolute Gasteiger partial charge is 0.338 e. The second kappa shape index (κ2) is 7.90. The van der Waals surface area contributed by atoms with E-state index in [1.54, 1.807) is 41.1 Å². The molecular weight excluding hydrogens is 395 g/mol. The van der Waals surface area contributed by atoms with Gasteiger partial charge in [0.15, 0.2) is 0 Å². The van der Waals surface area contributed by atoms with Crippen molar-refractivity contribution in [2.45, 2.75) is 13.1 Å². The summed E-state index contributed by atoms with van der Waals surface area (Å²) in [6, 6.07) is 12.3. The SMILES string of the molecule is O=C(Cn1ccc2ccn(Cc3ccccc3F)c2c1=O)Nc1cc(F)ccc1F. The van der Waals surface area contributed by atoms with Crippen molar-refractivity contribution < 1.29 is 18.0 Å². The molecule has 0 atom stereocenters. The molecule has 1 amide bonds. The van der Waals surface area contributed by atoms with E-state index in [0.29, 0.717) is 16.5 Å². The van der Waals surface area contributed by atoms with Gasteiger partial charge in [-0.05, 0) is 30.3 Å². The lowest BCUT2D eigenvalue weighted by Crippen LogP contribution is -2.28. The summed E-state index contributed by atoms with van der Waals surface area (Å²) in [5, 5.41) is 2.90. The first-order chi connectivity index (χ1) is 14.4. The maximum Gasteiger partial charge on any atom is 0.275 e. The summed E-state index contributed by atoms with van der Waals surface area (Å²) in [5.41, 5.74) is -0.0321. The van der Waals surface area contributed by atoms with Crippen molar-refractivity contribution in [3.8, 4) is 0 Å². The van der Waals surface area contributed by atoms with E-state index in [1.165, 1.54) is 12.3 Å². The van der Waals surface area contributed by atoms with Crippen molar-refractivity contribution >= 4 is 22.5 Å². The van der Waals surface area contributed by atoms with Gasteiger partial charge in [0, 0.05) is 29.4 Å². The number of fused-ring (bicyclic) bond motifs is 1. The van der Waals surface area contributed by atoms with E-state index in [2.05, 4.69) is 5.32 Å². The molecule has 5 nitrogen and oxygen atoms in total. The van der Waals surface area contributed by atoms with E-state index in [1.807, 2.05) is 0 Å². The number of carbonyl (C=O) groups is 1. The van der Waals surface area contributed by atoms with E-state index < -0.39 is 29.6 Å². The fourth-order valence-corrected chi connectivity index (χ4v) is 3.25. The fourth-order valence-electron chi connectivity index (χ4n) is 3.25. The summed E-state index contributed by atoms with van der Waals surface area (Å²) in [6.45, 7) is -0.244. The Kier molecular flexibility index (Phi) is 5.14.